The second-order valence-corrected chi connectivity index (χ2v) is 6.62. The van der Waals surface area contributed by atoms with Gasteiger partial charge in [0, 0.05) is 5.56 Å². The van der Waals surface area contributed by atoms with Crippen molar-refractivity contribution in [1.82, 2.24) is 0 Å². The molecule has 6 nitrogen and oxygen atoms in total. The van der Waals surface area contributed by atoms with E-state index in [2.05, 4.69) is 10.3 Å². The van der Waals surface area contributed by atoms with Gasteiger partial charge in [0.15, 0.2) is 5.71 Å². The molecule has 1 heterocycles. The fraction of sp³-hybridized carbons (Fsp3) is 0.0833. The van der Waals surface area contributed by atoms with Gasteiger partial charge < -0.3 is 9.68 Å². The summed E-state index contributed by atoms with van der Waals surface area (Å²) in [7, 11) is 0. The molecule has 0 spiro atoms. The van der Waals surface area contributed by atoms with Crippen molar-refractivity contribution in [2.24, 2.45) is 10.3 Å². The van der Waals surface area contributed by atoms with E-state index in [-0.39, 0.29) is 18.2 Å². The summed E-state index contributed by atoms with van der Waals surface area (Å²) in [6.45, 7) is 0.271. The molecule has 1 unspecified atom stereocenters. The molecule has 0 saturated heterocycles. The number of Topliss-reactive ketones (excluding diaryl/α,β-unsaturated/α-hetero) is 1. The van der Waals surface area contributed by atoms with Crippen molar-refractivity contribution >= 4 is 23.2 Å². The minimum Gasteiger partial charge on any atom is -0.394 e. The molecule has 0 amide bonds. The Balaban J connectivity index is 1.68. The summed E-state index contributed by atoms with van der Waals surface area (Å²) in [5.74, 6) is -1.36. The van der Waals surface area contributed by atoms with Crippen molar-refractivity contribution in [3.8, 4) is 0 Å². The van der Waals surface area contributed by atoms with E-state index < -0.39 is 11.8 Å². The Bertz CT molecular complexity index is 1090. The molecule has 3 aromatic rings. The van der Waals surface area contributed by atoms with E-state index in [0.29, 0.717) is 16.8 Å². The van der Waals surface area contributed by atoms with Gasteiger partial charge in [-0.1, -0.05) is 89.2 Å². The van der Waals surface area contributed by atoms with Gasteiger partial charge in [-0.3, -0.25) is 4.79 Å². The second-order valence-electron chi connectivity index (χ2n) is 6.62. The predicted octanol–water partition coefficient (Wildman–Crippen LogP) is 4.25. The highest BCUT2D eigenvalue weighted by molar-refractivity contribution is 6.71. The number of ketones is 1. The first-order chi connectivity index (χ1) is 14.7. The maximum atomic E-state index is 13.2. The molecule has 1 atom stereocenters. The van der Waals surface area contributed by atoms with Crippen LogP contribution in [0, 0.1) is 0 Å². The van der Waals surface area contributed by atoms with Crippen LogP contribution in [0.1, 0.15) is 32.2 Å². The van der Waals surface area contributed by atoms with Gasteiger partial charge in [0.2, 0.25) is 5.78 Å². The standard InChI is InChI=1S/C24H18N2O4/c27-23(18-12-6-2-7-13-18)22(26-30-24(28)19-14-8-3-9-15-19)21-20(16-29-25-21)17-10-4-1-5-11-17/h1-15,20H,16H2. The molecule has 0 aliphatic carbocycles. The number of hydrogen-bond donors (Lipinski definition) is 0. The fourth-order valence-electron chi connectivity index (χ4n) is 3.12. The molecule has 0 fully saturated rings. The number of rotatable bonds is 6. The van der Waals surface area contributed by atoms with Crippen LogP contribution in [0.3, 0.4) is 0 Å². The van der Waals surface area contributed by atoms with E-state index in [0.717, 1.165) is 5.56 Å². The molecule has 4 rings (SSSR count). The minimum atomic E-state index is -0.662. The van der Waals surface area contributed by atoms with Crippen molar-refractivity contribution in [2.75, 3.05) is 6.61 Å². The minimum absolute atomic E-state index is 0.0585. The maximum absolute atomic E-state index is 13.2. The first kappa shape index (κ1) is 19.3. The highest BCUT2D eigenvalue weighted by Gasteiger charge is 2.34. The van der Waals surface area contributed by atoms with Gasteiger partial charge in [-0.05, 0) is 17.7 Å². The van der Waals surface area contributed by atoms with Gasteiger partial charge in [0.25, 0.3) is 0 Å². The van der Waals surface area contributed by atoms with Gasteiger partial charge in [-0.25, -0.2) is 4.79 Å². The summed E-state index contributed by atoms with van der Waals surface area (Å²) in [6.07, 6.45) is 0. The van der Waals surface area contributed by atoms with Gasteiger partial charge in [0.05, 0.1) is 11.5 Å². The van der Waals surface area contributed by atoms with Crippen LogP contribution in [0.4, 0.5) is 0 Å². The molecule has 1 aliphatic rings. The Hall–Kier alpha value is -4.06. The smallest absolute Gasteiger partial charge is 0.365 e. The molecule has 0 saturated carbocycles. The van der Waals surface area contributed by atoms with Crippen molar-refractivity contribution < 1.29 is 19.3 Å². The molecule has 30 heavy (non-hydrogen) atoms. The van der Waals surface area contributed by atoms with Crippen LogP contribution in [0.15, 0.2) is 101 Å². The third-order valence-electron chi connectivity index (χ3n) is 4.66. The van der Waals surface area contributed by atoms with Crippen LogP contribution in [-0.4, -0.2) is 29.8 Å². The summed E-state index contributed by atoms with van der Waals surface area (Å²) in [4.78, 5) is 36.0. The topological polar surface area (TPSA) is 77.3 Å². The Labute approximate surface area is 173 Å². The van der Waals surface area contributed by atoms with Gasteiger partial charge >= 0.3 is 5.97 Å². The third kappa shape index (κ3) is 4.17. The zero-order valence-corrected chi connectivity index (χ0v) is 16.0. The fourth-order valence-corrected chi connectivity index (χ4v) is 3.12. The number of benzene rings is 3. The molecule has 1 aliphatic heterocycles. The average Bonchev–Trinajstić information content (AvgIpc) is 3.30. The molecule has 3 aromatic carbocycles. The van der Waals surface area contributed by atoms with Gasteiger partial charge in [0.1, 0.15) is 12.3 Å². The van der Waals surface area contributed by atoms with E-state index in [1.807, 2.05) is 36.4 Å². The van der Waals surface area contributed by atoms with Crippen LogP contribution in [0.5, 0.6) is 0 Å². The third-order valence-corrected chi connectivity index (χ3v) is 4.66. The number of nitrogens with zero attached hydrogens (tertiary/aromatic N) is 2. The number of carbonyl (C=O) groups excluding carboxylic acids is 2. The summed E-state index contributed by atoms with van der Waals surface area (Å²) in [6, 6.07) is 26.7. The molecule has 0 aromatic heterocycles. The quantitative estimate of drug-likeness (QED) is 0.269. The molecule has 6 heteroatoms. The van der Waals surface area contributed by atoms with Crippen molar-refractivity contribution in [3.05, 3.63) is 108 Å². The molecule has 0 bridgehead atoms. The van der Waals surface area contributed by atoms with Crippen LogP contribution in [0.2, 0.25) is 0 Å². The largest absolute Gasteiger partial charge is 0.394 e. The Morgan fingerprint density at radius 3 is 2.03 bits per heavy atom. The van der Waals surface area contributed by atoms with E-state index in [1.165, 1.54) is 0 Å². The van der Waals surface area contributed by atoms with E-state index in [1.54, 1.807) is 54.6 Å². The lowest BCUT2D eigenvalue weighted by Crippen LogP contribution is -2.29. The highest BCUT2D eigenvalue weighted by Crippen LogP contribution is 2.25. The molecule has 0 N–H and O–H groups in total. The summed E-state index contributed by atoms with van der Waals surface area (Å²) in [5, 5.41) is 8.01. The lowest BCUT2D eigenvalue weighted by atomic mass is 9.90. The summed E-state index contributed by atoms with van der Waals surface area (Å²) < 4.78 is 0. The molecular weight excluding hydrogens is 380 g/mol. The van der Waals surface area contributed by atoms with Crippen molar-refractivity contribution in [2.45, 2.75) is 5.92 Å². The Morgan fingerprint density at radius 2 is 1.40 bits per heavy atom. The van der Waals surface area contributed by atoms with Crippen LogP contribution in [-0.2, 0) is 9.68 Å². The summed E-state index contributed by atoms with van der Waals surface area (Å²) in [5.41, 5.74) is 1.94. The number of oxime groups is 2. The van der Waals surface area contributed by atoms with Crippen LogP contribution < -0.4 is 0 Å². The van der Waals surface area contributed by atoms with E-state index in [4.69, 9.17) is 9.68 Å². The Morgan fingerprint density at radius 1 is 0.833 bits per heavy atom. The van der Waals surface area contributed by atoms with Crippen LogP contribution in [0.25, 0.3) is 0 Å². The van der Waals surface area contributed by atoms with Gasteiger partial charge in [-0.15, -0.1) is 0 Å². The van der Waals surface area contributed by atoms with Crippen LogP contribution >= 0.6 is 0 Å². The number of hydrogen-bond acceptors (Lipinski definition) is 6. The van der Waals surface area contributed by atoms with Gasteiger partial charge in [-0.2, -0.15) is 0 Å². The monoisotopic (exact) mass is 398 g/mol. The molecular formula is C24H18N2O4. The summed E-state index contributed by atoms with van der Waals surface area (Å²) >= 11 is 0. The first-order valence-electron chi connectivity index (χ1n) is 9.43. The lowest BCUT2D eigenvalue weighted by Gasteiger charge is -2.12. The zero-order chi connectivity index (χ0) is 20.8. The number of carbonyl (C=O) groups is 2. The predicted molar refractivity (Wildman–Crippen MR) is 113 cm³/mol. The normalized spacial score (nSPS) is 15.8. The zero-order valence-electron chi connectivity index (χ0n) is 16.0. The van der Waals surface area contributed by atoms with E-state index in [9.17, 15) is 9.59 Å². The maximum Gasteiger partial charge on any atom is 0.365 e. The van der Waals surface area contributed by atoms with E-state index >= 15 is 0 Å². The Kier molecular flexibility index (Phi) is 5.75. The van der Waals surface area contributed by atoms with Crippen molar-refractivity contribution in [1.29, 1.82) is 0 Å². The second kappa shape index (κ2) is 8.96. The lowest BCUT2D eigenvalue weighted by molar-refractivity contribution is 0.0517. The molecule has 0 radical (unpaired) electrons. The van der Waals surface area contributed by atoms with Crippen molar-refractivity contribution in [3.63, 3.8) is 0 Å². The highest BCUT2D eigenvalue weighted by atomic mass is 16.7. The SMILES string of the molecule is O=C(ON=C(C(=O)c1ccccc1)C1=NOCC1c1ccccc1)c1ccccc1. The average molecular weight is 398 g/mol. The molecule has 148 valence electrons. The first-order valence-corrected chi connectivity index (χ1v) is 9.43.